The molecule has 24 heavy (non-hydrogen) atoms. The van der Waals surface area contributed by atoms with Crippen LogP contribution in [0.15, 0.2) is 22.9 Å². The van der Waals surface area contributed by atoms with Crippen LogP contribution in [0.2, 0.25) is 0 Å². The fourth-order valence-electron chi connectivity index (χ4n) is 3.56. The monoisotopic (exact) mass is 392 g/mol. The van der Waals surface area contributed by atoms with Gasteiger partial charge in [-0.25, -0.2) is 14.3 Å². The maximum absolute atomic E-state index is 12.6. The lowest BCUT2D eigenvalue weighted by Crippen LogP contribution is -2.46. The number of urea groups is 1. The Hall–Kier alpha value is -1.83. The van der Waals surface area contributed by atoms with Crippen LogP contribution in [-0.2, 0) is 0 Å². The number of aromatic nitrogens is 3. The van der Waals surface area contributed by atoms with Crippen LogP contribution in [0.3, 0.4) is 0 Å². The van der Waals surface area contributed by atoms with Gasteiger partial charge in [0.05, 0.1) is 16.7 Å². The van der Waals surface area contributed by atoms with Gasteiger partial charge in [-0.05, 0) is 41.3 Å². The van der Waals surface area contributed by atoms with E-state index in [9.17, 15) is 4.79 Å². The first-order chi connectivity index (χ1) is 11.6. The number of halogens is 1. The van der Waals surface area contributed by atoms with Gasteiger partial charge in [0, 0.05) is 39.4 Å². The highest BCUT2D eigenvalue weighted by Crippen LogP contribution is 2.24. The molecule has 0 aliphatic carbocycles. The molecule has 2 aliphatic heterocycles. The number of fused-ring (bicyclic) bond motifs is 1. The summed E-state index contributed by atoms with van der Waals surface area (Å²) in [7, 11) is 1.93. The Morgan fingerprint density at radius 2 is 2.12 bits per heavy atom. The van der Waals surface area contributed by atoms with Crippen molar-refractivity contribution < 1.29 is 4.79 Å². The third-order valence-electron chi connectivity index (χ3n) is 5.02. The molecule has 2 aromatic rings. The fraction of sp³-hybridized carbons (Fsp3) is 0.562. The summed E-state index contributed by atoms with van der Waals surface area (Å²) in [6.07, 6.45) is 6.90. The fourth-order valence-corrected chi connectivity index (χ4v) is 3.92. The van der Waals surface area contributed by atoms with Crippen LogP contribution in [0.4, 0.5) is 10.6 Å². The first-order valence-electron chi connectivity index (χ1n) is 8.40. The average molecular weight is 393 g/mol. The Labute approximate surface area is 149 Å². The number of nitrogens with zero attached hydrogens (tertiary/aromatic N) is 6. The molecule has 1 unspecified atom stereocenters. The Bertz CT molecular complexity index is 756. The second-order valence-electron chi connectivity index (χ2n) is 6.52. The molecule has 1 atom stereocenters. The number of rotatable bonds is 2. The number of carbonyl (C=O) groups excluding carboxylic acids is 1. The van der Waals surface area contributed by atoms with Crippen molar-refractivity contribution in [2.24, 2.45) is 0 Å². The number of likely N-dealkylation sites (N-methyl/N-ethyl adjacent to an activating group) is 1. The minimum absolute atomic E-state index is 0.168. The molecule has 7 nitrogen and oxygen atoms in total. The molecule has 2 saturated heterocycles. The molecule has 0 aromatic carbocycles. The van der Waals surface area contributed by atoms with Crippen molar-refractivity contribution in [1.82, 2.24) is 24.4 Å². The first kappa shape index (κ1) is 15.7. The zero-order valence-corrected chi connectivity index (χ0v) is 15.3. The van der Waals surface area contributed by atoms with Crippen LogP contribution in [0.5, 0.6) is 0 Å². The summed E-state index contributed by atoms with van der Waals surface area (Å²) in [6, 6.07) is 2.39. The number of hydrogen-bond donors (Lipinski definition) is 0. The molecule has 2 fully saturated rings. The van der Waals surface area contributed by atoms with Gasteiger partial charge in [-0.15, -0.1) is 0 Å². The zero-order chi connectivity index (χ0) is 16.7. The molecule has 8 heteroatoms. The average Bonchev–Trinajstić information content (AvgIpc) is 3.34. The van der Waals surface area contributed by atoms with Crippen LogP contribution in [0.25, 0.3) is 5.65 Å². The predicted octanol–water partition coefficient (Wildman–Crippen LogP) is 2.22. The van der Waals surface area contributed by atoms with Gasteiger partial charge >= 0.3 is 6.03 Å². The van der Waals surface area contributed by atoms with Crippen LogP contribution in [0, 0.1) is 0 Å². The summed E-state index contributed by atoms with van der Waals surface area (Å²) in [5.74, 6) is 0.938. The van der Waals surface area contributed by atoms with E-state index < -0.39 is 0 Å². The molecule has 4 rings (SSSR count). The van der Waals surface area contributed by atoms with E-state index in [2.05, 4.69) is 25.9 Å². The molecule has 0 saturated carbocycles. The number of amides is 2. The van der Waals surface area contributed by atoms with Crippen molar-refractivity contribution in [3.8, 4) is 0 Å². The van der Waals surface area contributed by atoms with E-state index in [0.29, 0.717) is 0 Å². The van der Waals surface area contributed by atoms with E-state index in [-0.39, 0.29) is 12.1 Å². The van der Waals surface area contributed by atoms with Gasteiger partial charge in [-0.3, -0.25) is 0 Å². The lowest BCUT2D eigenvalue weighted by atomic mass is 10.2. The van der Waals surface area contributed by atoms with Gasteiger partial charge in [0.25, 0.3) is 0 Å². The second-order valence-corrected chi connectivity index (χ2v) is 7.38. The van der Waals surface area contributed by atoms with Crippen molar-refractivity contribution in [1.29, 1.82) is 0 Å². The number of anilines is 1. The van der Waals surface area contributed by atoms with Gasteiger partial charge in [0.2, 0.25) is 0 Å². The van der Waals surface area contributed by atoms with E-state index in [0.717, 1.165) is 61.4 Å². The molecule has 2 aromatic heterocycles. The minimum Gasteiger partial charge on any atom is -0.354 e. The summed E-state index contributed by atoms with van der Waals surface area (Å²) in [4.78, 5) is 23.4. The van der Waals surface area contributed by atoms with Crippen LogP contribution in [-0.4, -0.2) is 69.7 Å². The molecular weight excluding hydrogens is 372 g/mol. The highest BCUT2D eigenvalue weighted by atomic mass is 79.9. The smallest absolute Gasteiger partial charge is 0.320 e. The highest BCUT2D eigenvalue weighted by Gasteiger charge is 2.32. The molecular formula is C16H21BrN6O. The Morgan fingerprint density at radius 3 is 2.92 bits per heavy atom. The molecule has 0 N–H and O–H groups in total. The maximum Gasteiger partial charge on any atom is 0.320 e. The van der Waals surface area contributed by atoms with Gasteiger partial charge in [-0.2, -0.15) is 5.10 Å². The second kappa shape index (κ2) is 6.23. The molecule has 0 bridgehead atoms. The summed E-state index contributed by atoms with van der Waals surface area (Å²) >= 11 is 3.48. The summed E-state index contributed by atoms with van der Waals surface area (Å²) in [6.45, 7) is 3.53. The third kappa shape index (κ3) is 2.72. The first-order valence-corrected chi connectivity index (χ1v) is 9.19. The standard InChI is InChI=1S/C16H21BrN6O/c1-20(16(24)21-6-2-3-7-21)12-4-8-22(11-12)14-5-9-23-15(19-14)13(17)10-18-23/h5,9-10,12H,2-4,6-8,11H2,1H3. The Morgan fingerprint density at radius 1 is 1.33 bits per heavy atom. The number of likely N-dealkylation sites (tertiary alicyclic amines) is 1. The van der Waals surface area contributed by atoms with Crippen molar-refractivity contribution >= 4 is 33.4 Å². The summed E-state index contributed by atoms with van der Waals surface area (Å²) in [5, 5.41) is 4.23. The lowest BCUT2D eigenvalue weighted by Gasteiger charge is -2.29. The molecule has 128 valence electrons. The normalized spacial score (nSPS) is 21.0. The van der Waals surface area contributed by atoms with E-state index >= 15 is 0 Å². The van der Waals surface area contributed by atoms with Crippen molar-refractivity contribution in [2.45, 2.75) is 25.3 Å². The number of hydrogen-bond acceptors (Lipinski definition) is 4. The van der Waals surface area contributed by atoms with Gasteiger partial charge in [0.15, 0.2) is 5.65 Å². The quantitative estimate of drug-likeness (QED) is 0.785. The van der Waals surface area contributed by atoms with Gasteiger partial charge in [0.1, 0.15) is 5.82 Å². The summed E-state index contributed by atoms with van der Waals surface area (Å²) in [5.41, 5.74) is 0.817. The lowest BCUT2D eigenvalue weighted by molar-refractivity contribution is 0.159. The van der Waals surface area contributed by atoms with E-state index in [4.69, 9.17) is 4.98 Å². The van der Waals surface area contributed by atoms with Gasteiger partial charge < -0.3 is 14.7 Å². The van der Waals surface area contributed by atoms with E-state index in [1.165, 1.54) is 0 Å². The molecule has 2 aliphatic rings. The molecule has 2 amide bonds. The minimum atomic E-state index is 0.168. The molecule has 0 radical (unpaired) electrons. The van der Waals surface area contributed by atoms with Crippen molar-refractivity contribution in [3.05, 3.63) is 22.9 Å². The Kier molecular flexibility index (Phi) is 4.07. The topological polar surface area (TPSA) is 57.0 Å². The Balaban J connectivity index is 1.46. The SMILES string of the molecule is CN(C(=O)N1CCCC1)C1CCN(c2ccn3ncc(Br)c3n2)C1. The van der Waals surface area contributed by atoms with Crippen molar-refractivity contribution in [3.63, 3.8) is 0 Å². The van der Waals surface area contributed by atoms with Crippen LogP contribution >= 0.6 is 15.9 Å². The van der Waals surface area contributed by atoms with Crippen LogP contribution < -0.4 is 4.90 Å². The van der Waals surface area contributed by atoms with E-state index in [1.807, 2.05) is 29.1 Å². The van der Waals surface area contributed by atoms with Crippen LogP contribution in [0.1, 0.15) is 19.3 Å². The zero-order valence-electron chi connectivity index (χ0n) is 13.7. The summed E-state index contributed by atoms with van der Waals surface area (Å²) < 4.78 is 2.64. The highest BCUT2D eigenvalue weighted by molar-refractivity contribution is 9.10. The van der Waals surface area contributed by atoms with Crippen molar-refractivity contribution in [2.75, 3.05) is 38.1 Å². The molecule has 4 heterocycles. The molecule has 0 spiro atoms. The maximum atomic E-state index is 12.6. The van der Waals surface area contributed by atoms with Gasteiger partial charge in [-0.1, -0.05) is 0 Å². The number of carbonyl (C=O) groups is 1. The van der Waals surface area contributed by atoms with E-state index in [1.54, 1.807) is 10.7 Å². The third-order valence-corrected chi connectivity index (χ3v) is 5.58. The largest absolute Gasteiger partial charge is 0.354 e. The predicted molar refractivity (Wildman–Crippen MR) is 95.3 cm³/mol.